The lowest BCUT2D eigenvalue weighted by atomic mass is 10.1. The Morgan fingerprint density at radius 1 is 1.46 bits per heavy atom. The van der Waals surface area contributed by atoms with E-state index in [4.69, 9.17) is 16.7 Å². The Balaban J connectivity index is 2.92. The summed E-state index contributed by atoms with van der Waals surface area (Å²) in [5.41, 5.74) is 1.20. The molecule has 4 heteroatoms. The summed E-state index contributed by atoms with van der Waals surface area (Å²) in [5.74, 6) is -0.616. The summed E-state index contributed by atoms with van der Waals surface area (Å²) in [5, 5.41) is 17.7. The van der Waals surface area contributed by atoms with Gasteiger partial charge in [-0.15, -0.1) is 11.6 Å². The molecule has 0 aliphatic heterocycles. The number of hydrogen-bond donors (Lipinski definition) is 2. The lowest BCUT2D eigenvalue weighted by Gasteiger charge is -2.02. The van der Waals surface area contributed by atoms with Crippen LogP contribution in [0.15, 0.2) is 18.2 Å². The molecule has 0 heterocycles. The van der Waals surface area contributed by atoms with Gasteiger partial charge in [0.1, 0.15) is 5.75 Å². The number of benzene rings is 1. The van der Waals surface area contributed by atoms with E-state index >= 15 is 0 Å². The number of rotatable bonds is 3. The van der Waals surface area contributed by atoms with Crippen LogP contribution in [0.25, 0.3) is 0 Å². The van der Waals surface area contributed by atoms with Gasteiger partial charge >= 0.3 is 5.97 Å². The highest BCUT2D eigenvalue weighted by molar-refractivity contribution is 6.17. The molecule has 0 aliphatic carbocycles. The van der Waals surface area contributed by atoms with Crippen molar-refractivity contribution in [2.75, 3.05) is 0 Å². The van der Waals surface area contributed by atoms with Crippen LogP contribution in [0.2, 0.25) is 0 Å². The maximum Gasteiger partial charge on any atom is 0.307 e. The van der Waals surface area contributed by atoms with Crippen molar-refractivity contribution in [3.05, 3.63) is 29.3 Å². The van der Waals surface area contributed by atoms with E-state index in [0.29, 0.717) is 11.1 Å². The minimum Gasteiger partial charge on any atom is -0.508 e. The van der Waals surface area contributed by atoms with E-state index in [2.05, 4.69) is 0 Å². The van der Waals surface area contributed by atoms with Gasteiger partial charge in [0.15, 0.2) is 0 Å². The molecule has 0 saturated heterocycles. The molecule has 0 aliphatic rings. The Kier molecular flexibility index (Phi) is 3.14. The van der Waals surface area contributed by atoms with Crippen LogP contribution in [-0.2, 0) is 17.1 Å². The molecular weight excluding hydrogens is 192 g/mol. The van der Waals surface area contributed by atoms with Gasteiger partial charge in [-0.2, -0.15) is 0 Å². The summed E-state index contributed by atoms with van der Waals surface area (Å²) in [6.07, 6.45) is -0.0514. The average Bonchev–Trinajstić information content (AvgIpc) is 2.07. The quantitative estimate of drug-likeness (QED) is 0.731. The predicted octanol–water partition coefficient (Wildman–Crippen LogP) is 1.76. The molecule has 1 aromatic rings. The molecule has 0 unspecified atom stereocenters. The first kappa shape index (κ1) is 9.86. The van der Waals surface area contributed by atoms with E-state index in [1.165, 1.54) is 6.07 Å². The summed E-state index contributed by atoms with van der Waals surface area (Å²) in [7, 11) is 0. The van der Waals surface area contributed by atoms with Gasteiger partial charge in [0.05, 0.1) is 12.3 Å². The third-order valence-electron chi connectivity index (χ3n) is 1.64. The van der Waals surface area contributed by atoms with Crippen LogP contribution >= 0.6 is 11.6 Å². The Hall–Kier alpha value is -1.22. The monoisotopic (exact) mass is 200 g/mol. The minimum atomic E-state index is -0.897. The second-order valence-corrected chi connectivity index (χ2v) is 2.93. The van der Waals surface area contributed by atoms with Gasteiger partial charge in [-0.25, -0.2) is 0 Å². The number of alkyl halides is 1. The molecule has 2 N–H and O–H groups in total. The molecule has 0 spiro atoms. The van der Waals surface area contributed by atoms with Gasteiger partial charge in [-0.05, 0) is 11.6 Å². The lowest BCUT2D eigenvalue weighted by molar-refractivity contribution is -0.136. The van der Waals surface area contributed by atoms with Gasteiger partial charge in [0.2, 0.25) is 0 Å². The molecule has 0 atom stereocenters. The van der Waals surface area contributed by atoms with Crippen molar-refractivity contribution in [2.45, 2.75) is 12.3 Å². The summed E-state index contributed by atoms with van der Waals surface area (Å²) in [4.78, 5) is 10.4. The Morgan fingerprint density at radius 2 is 2.15 bits per heavy atom. The SMILES string of the molecule is O=C(O)Cc1ccc(O)c(CCl)c1. The Bertz CT molecular complexity index is 323. The molecule has 1 rings (SSSR count). The maximum atomic E-state index is 10.4. The molecule has 1 aromatic carbocycles. The van der Waals surface area contributed by atoms with Crippen LogP contribution in [0, 0.1) is 0 Å². The molecule has 0 saturated carbocycles. The van der Waals surface area contributed by atoms with Crippen molar-refractivity contribution in [3.8, 4) is 5.75 Å². The summed E-state index contributed by atoms with van der Waals surface area (Å²) < 4.78 is 0. The van der Waals surface area contributed by atoms with Crippen LogP contribution in [0.3, 0.4) is 0 Å². The third kappa shape index (κ3) is 2.63. The number of halogens is 1. The predicted molar refractivity (Wildman–Crippen MR) is 49.0 cm³/mol. The fraction of sp³-hybridized carbons (Fsp3) is 0.222. The highest BCUT2D eigenvalue weighted by Crippen LogP contribution is 2.20. The van der Waals surface area contributed by atoms with E-state index in [1.807, 2.05) is 0 Å². The smallest absolute Gasteiger partial charge is 0.307 e. The Labute approximate surface area is 80.6 Å². The summed E-state index contributed by atoms with van der Waals surface area (Å²) in [6.45, 7) is 0. The average molecular weight is 201 g/mol. The lowest BCUT2D eigenvalue weighted by Crippen LogP contribution is -2.00. The number of phenolic OH excluding ortho intramolecular Hbond substituents is 1. The molecule has 0 aromatic heterocycles. The Morgan fingerprint density at radius 3 is 2.69 bits per heavy atom. The zero-order valence-electron chi connectivity index (χ0n) is 6.83. The highest BCUT2D eigenvalue weighted by atomic mass is 35.5. The van der Waals surface area contributed by atoms with Crippen molar-refractivity contribution in [2.24, 2.45) is 0 Å². The standard InChI is InChI=1S/C9H9ClO3/c10-5-7-3-6(4-9(12)13)1-2-8(7)11/h1-3,11H,4-5H2,(H,12,13). The van der Waals surface area contributed by atoms with Gasteiger partial charge in [-0.1, -0.05) is 12.1 Å². The van der Waals surface area contributed by atoms with Gasteiger partial charge < -0.3 is 10.2 Å². The van der Waals surface area contributed by atoms with Crippen molar-refractivity contribution in [3.63, 3.8) is 0 Å². The van der Waals surface area contributed by atoms with Crippen LogP contribution in [0.4, 0.5) is 0 Å². The number of carboxylic acids is 1. The number of hydrogen-bond acceptors (Lipinski definition) is 2. The molecule has 0 fully saturated rings. The molecular formula is C9H9ClO3. The van der Waals surface area contributed by atoms with Gasteiger partial charge in [0.25, 0.3) is 0 Å². The number of aromatic hydroxyl groups is 1. The largest absolute Gasteiger partial charge is 0.508 e. The molecule has 70 valence electrons. The first-order valence-corrected chi connectivity index (χ1v) is 4.25. The van der Waals surface area contributed by atoms with Gasteiger partial charge in [0, 0.05) is 5.56 Å². The second kappa shape index (κ2) is 4.14. The van der Waals surface area contributed by atoms with E-state index in [1.54, 1.807) is 12.1 Å². The maximum absolute atomic E-state index is 10.4. The number of aliphatic carboxylic acids is 1. The van der Waals surface area contributed by atoms with Crippen LogP contribution in [0.1, 0.15) is 11.1 Å². The molecule has 13 heavy (non-hydrogen) atoms. The number of phenols is 1. The van der Waals surface area contributed by atoms with E-state index < -0.39 is 5.97 Å². The van der Waals surface area contributed by atoms with Crippen LogP contribution < -0.4 is 0 Å². The van der Waals surface area contributed by atoms with Crippen molar-refractivity contribution < 1.29 is 15.0 Å². The number of carbonyl (C=O) groups is 1. The fourth-order valence-electron chi connectivity index (χ4n) is 1.03. The van der Waals surface area contributed by atoms with Crippen LogP contribution in [-0.4, -0.2) is 16.2 Å². The van der Waals surface area contributed by atoms with E-state index in [-0.39, 0.29) is 18.1 Å². The third-order valence-corrected chi connectivity index (χ3v) is 1.93. The van der Waals surface area contributed by atoms with Crippen LogP contribution in [0.5, 0.6) is 5.75 Å². The molecule has 0 amide bonds. The topological polar surface area (TPSA) is 57.5 Å². The van der Waals surface area contributed by atoms with E-state index in [9.17, 15) is 9.90 Å². The molecule has 0 bridgehead atoms. The molecule has 3 nitrogen and oxygen atoms in total. The fourth-order valence-corrected chi connectivity index (χ4v) is 1.24. The first-order chi connectivity index (χ1) is 6.13. The highest BCUT2D eigenvalue weighted by Gasteiger charge is 2.04. The minimum absolute atomic E-state index is 0.0514. The first-order valence-electron chi connectivity index (χ1n) is 3.72. The van der Waals surface area contributed by atoms with Gasteiger partial charge in [-0.3, -0.25) is 4.79 Å². The van der Waals surface area contributed by atoms with E-state index in [0.717, 1.165) is 0 Å². The van der Waals surface area contributed by atoms with Crippen molar-refractivity contribution in [1.82, 2.24) is 0 Å². The van der Waals surface area contributed by atoms with Crippen molar-refractivity contribution >= 4 is 17.6 Å². The normalized spacial score (nSPS) is 9.92. The zero-order valence-corrected chi connectivity index (χ0v) is 7.58. The molecule has 0 radical (unpaired) electrons. The van der Waals surface area contributed by atoms with Crippen molar-refractivity contribution in [1.29, 1.82) is 0 Å². The zero-order chi connectivity index (χ0) is 9.84. The summed E-state index contributed by atoms with van der Waals surface area (Å²) >= 11 is 5.53. The second-order valence-electron chi connectivity index (χ2n) is 2.67. The number of carboxylic acid groups (broad SMARTS) is 1. The summed E-state index contributed by atoms with van der Waals surface area (Å²) in [6, 6.07) is 4.62.